The fourth-order valence-electron chi connectivity index (χ4n) is 4.22. The standard InChI is InChI=1S/C23H27N3O4S/c1-17(27)26-13-10-19-15-20(8-9-22(19)26)23(28)24-16-18-6-5-7-21(14-18)31(29,30)25-11-3-2-4-12-25/h5-9,14-15H,2-4,10-13,16H2,1H3,(H,24,28). The molecule has 2 aromatic carbocycles. The molecule has 31 heavy (non-hydrogen) atoms. The maximum Gasteiger partial charge on any atom is 0.251 e. The summed E-state index contributed by atoms with van der Waals surface area (Å²) in [6.45, 7) is 3.52. The highest BCUT2D eigenvalue weighted by molar-refractivity contribution is 7.89. The second-order valence-corrected chi connectivity index (χ2v) is 10.00. The zero-order valence-electron chi connectivity index (χ0n) is 17.6. The van der Waals surface area contributed by atoms with Crippen molar-refractivity contribution >= 4 is 27.5 Å². The van der Waals surface area contributed by atoms with E-state index >= 15 is 0 Å². The Hall–Kier alpha value is -2.71. The molecule has 1 fully saturated rings. The maximum absolute atomic E-state index is 12.9. The molecule has 0 bridgehead atoms. The van der Waals surface area contributed by atoms with Gasteiger partial charge < -0.3 is 10.2 Å². The minimum atomic E-state index is -3.51. The fourth-order valence-corrected chi connectivity index (χ4v) is 5.81. The number of carbonyl (C=O) groups excluding carboxylic acids is 2. The third-order valence-electron chi connectivity index (χ3n) is 5.92. The first kappa shape index (κ1) is 21.5. The van der Waals surface area contributed by atoms with Gasteiger partial charge in [0.15, 0.2) is 0 Å². The van der Waals surface area contributed by atoms with Crippen LogP contribution in [0.1, 0.15) is 47.7 Å². The zero-order chi connectivity index (χ0) is 22.0. The molecule has 2 amide bonds. The van der Waals surface area contributed by atoms with E-state index < -0.39 is 10.0 Å². The molecule has 0 aromatic heterocycles. The second kappa shape index (κ2) is 8.80. The molecule has 2 aliphatic heterocycles. The van der Waals surface area contributed by atoms with Gasteiger partial charge in [0, 0.05) is 44.4 Å². The van der Waals surface area contributed by atoms with Crippen molar-refractivity contribution < 1.29 is 18.0 Å². The number of hydrogen-bond donors (Lipinski definition) is 1. The van der Waals surface area contributed by atoms with Gasteiger partial charge in [-0.2, -0.15) is 4.31 Å². The Morgan fingerprint density at radius 1 is 1.00 bits per heavy atom. The van der Waals surface area contributed by atoms with Crippen LogP contribution in [0.4, 0.5) is 5.69 Å². The van der Waals surface area contributed by atoms with Crippen LogP contribution in [0.25, 0.3) is 0 Å². The van der Waals surface area contributed by atoms with E-state index in [9.17, 15) is 18.0 Å². The Bertz CT molecular complexity index is 1110. The Morgan fingerprint density at radius 3 is 2.52 bits per heavy atom. The molecule has 7 nitrogen and oxygen atoms in total. The van der Waals surface area contributed by atoms with Crippen molar-refractivity contribution in [2.75, 3.05) is 24.5 Å². The molecule has 164 valence electrons. The summed E-state index contributed by atoms with van der Waals surface area (Å²) in [6, 6.07) is 12.1. The molecule has 0 radical (unpaired) electrons. The van der Waals surface area contributed by atoms with Crippen molar-refractivity contribution in [1.82, 2.24) is 9.62 Å². The molecule has 4 rings (SSSR count). The van der Waals surface area contributed by atoms with E-state index in [1.165, 1.54) is 6.92 Å². The first-order valence-electron chi connectivity index (χ1n) is 10.6. The number of fused-ring (bicyclic) bond motifs is 1. The van der Waals surface area contributed by atoms with E-state index in [1.807, 2.05) is 18.2 Å². The maximum atomic E-state index is 12.9. The Morgan fingerprint density at radius 2 is 1.77 bits per heavy atom. The predicted molar refractivity (Wildman–Crippen MR) is 118 cm³/mol. The summed E-state index contributed by atoms with van der Waals surface area (Å²) in [6.07, 6.45) is 3.57. The summed E-state index contributed by atoms with van der Waals surface area (Å²) >= 11 is 0. The number of carbonyl (C=O) groups is 2. The molecule has 2 aromatic rings. The Balaban J connectivity index is 1.43. The van der Waals surface area contributed by atoms with Crippen molar-refractivity contribution in [2.24, 2.45) is 0 Å². The van der Waals surface area contributed by atoms with Gasteiger partial charge in [0.25, 0.3) is 5.91 Å². The summed E-state index contributed by atoms with van der Waals surface area (Å²) in [5.74, 6) is -0.233. The number of amides is 2. The van der Waals surface area contributed by atoms with E-state index in [-0.39, 0.29) is 23.3 Å². The smallest absolute Gasteiger partial charge is 0.251 e. The molecular weight excluding hydrogens is 414 g/mol. The molecule has 0 spiro atoms. The number of sulfonamides is 1. The Kier molecular flexibility index (Phi) is 6.11. The molecule has 2 aliphatic rings. The first-order valence-corrected chi connectivity index (χ1v) is 12.1. The van der Waals surface area contributed by atoms with Crippen molar-refractivity contribution in [2.45, 2.75) is 44.0 Å². The van der Waals surface area contributed by atoms with Gasteiger partial charge in [0.1, 0.15) is 0 Å². The van der Waals surface area contributed by atoms with Gasteiger partial charge in [-0.1, -0.05) is 18.6 Å². The molecule has 0 saturated carbocycles. The highest BCUT2D eigenvalue weighted by atomic mass is 32.2. The minimum Gasteiger partial charge on any atom is -0.348 e. The van der Waals surface area contributed by atoms with Gasteiger partial charge in [-0.15, -0.1) is 0 Å². The van der Waals surface area contributed by atoms with Crippen LogP contribution >= 0.6 is 0 Å². The first-order chi connectivity index (χ1) is 14.9. The van der Waals surface area contributed by atoms with Crippen molar-refractivity contribution in [3.63, 3.8) is 0 Å². The number of hydrogen-bond acceptors (Lipinski definition) is 4. The zero-order valence-corrected chi connectivity index (χ0v) is 18.5. The van der Waals surface area contributed by atoms with Crippen molar-refractivity contribution in [3.05, 3.63) is 59.2 Å². The number of rotatable bonds is 5. The fraction of sp³-hybridized carbons (Fsp3) is 0.391. The number of benzene rings is 2. The minimum absolute atomic E-state index is 0.00432. The highest BCUT2D eigenvalue weighted by Crippen LogP contribution is 2.29. The number of anilines is 1. The topological polar surface area (TPSA) is 86.8 Å². The summed E-state index contributed by atoms with van der Waals surface area (Å²) in [7, 11) is -3.51. The number of nitrogens with zero attached hydrogens (tertiary/aromatic N) is 2. The lowest BCUT2D eigenvalue weighted by Crippen LogP contribution is -2.35. The van der Waals surface area contributed by atoms with E-state index in [0.29, 0.717) is 25.2 Å². The number of piperidine rings is 1. The van der Waals surface area contributed by atoms with Gasteiger partial charge in [-0.3, -0.25) is 9.59 Å². The van der Waals surface area contributed by atoms with Crippen LogP contribution < -0.4 is 10.2 Å². The van der Waals surface area contributed by atoms with Gasteiger partial charge in [-0.05, 0) is 60.7 Å². The van der Waals surface area contributed by atoms with Crippen LogP contribution in [0.15, 0.2) is 47.4 Å². The molecule has 2 heterocycles. The van der Waals surface area contributed by atoms with Gasteiger partial charge in [0.05, 0.1) is 4.90 Å². The third-order valence-corrected chi connectivity index (χ3v) is 7.82. The summed E-state index contributed by atoms with van der Waals surface area (Å²) < 4.78 is 27.3. The predicted octanol–water partition coefficient (Wildman–Crippen LogP) is 2.70. The van der Waals surface area contributed by atoms with Crippen LogP contribution in [0.5, 0.6) is 0 Å². The SMILES string of the molecule is CC(=O)N1CCc2cc(C(=O)NCc3cccc(S(=O)(=O)N4CCCCC4)c3)ccc21. The molecular formula is C23H27N3O4S. The molecule has 0 aliphatic carbocycles. The lowest BCUT2D eigenvalue weighted by Gasteiger charge is -2.26. The van der Waals surface area contributed by atoms with E-state index in [2.05, 4.69) is 5.32 Å². The molecule has 0 unspecified atom stereocenters. The van der Waals surface area contributed by atoms with Crippen LogP contribution in [-0.2, 0) is 27.8 Å². The lowest BCUT2D eigenvalue weighted by molar-refractivity contribution is -0.116. The summed E-state index contributed by atoms with van der Waals surface area (Å²) in [5.41, 5.74) is 3.11. The van der Waals surface area contributed by atoms with Gasteiger partial charge in [0.2, 0.25) is 15.9 Å². The lowest BCUT2D eigenvalue weighted by atomic mass is 10.1. The van der Waals surface area contributed by atoms with E-state index in [0.717, 1.165) is 42.5 Å². The van der Waals surface area contributed by atoms with E-state index in [1.54, 1.807) is 33.5 Å². The van der Waals surface area contributed by atoms with Crippen molar-refractivity contribution in [1.29, 1.82) is 0 Å². The summed E-state index contributed by atoms with van der Waals surface area (Å²) in [5, 5.41) is 2.87. The molecule has 1 saturated heterocycles. The van der Waals surface area contributed by atoms with Gasteiger partial charge in [-0.25, -0.2) is 8.42 Å². The average Bonchev–Trinajstić information content (AvgIpc) is 3.22. The number of nitrogens with one attached hydrogen (secondary N) is 1. The average molecular weight is 442 g/mol. The van der Waals surface area contributed by atoms with Crippen LogP contribution in [0.2, 0.25) is 0 Å². The third kappa shape index (κ3) is 4.50. The monoisotopic (exact) mass is 441 g/mol. The van der Waals surface area contributed by atoms with Gasteiger partial charge >= 0.3 is 0 Å². The highest BCUT2D eigenvalue weighted by Gasteiger charge is 2.26. The molecule has 8 heteroatoms. The van der Waals surface area contributed by atoms with Crippen LogP contribution in [0.3, 0.4) is 0 Å². The molecule has 0 atom stereocenters. The Labute approximate surface area is 183 Å². The largest absolute Gasteiger partial charge is 0.348 e. The molecule has 1 N–H and O–H groups in total. The normalized spacial score (nSPS) is 16.7. The van der Waals surface area contributed by atoms with Crippen molar-refractivity contribution in [3.8, 4) is 0 Å². The quantitative estimate of drug-likeness (QED) is 0.773. The van der Waals surface area contributed by atoms with Crippen LogP contribution in [-0.4, -0.2) is 44.2 Å². The van der Waals surface area contributed by atoms with Crippen LogP contribution in [0, 0.1) is 0 Å². The van der Waals surface area contributed by atoms with E-state index in [4.69, 9.17) is 0 Å². The summed E-state index contributed by atoms with van der Waals surface area (Å²) in [4.78, 5) is 26.3. The second-order valence-electron chi connectivity index (χ2n) is 8.06.